The van der Waals surface area contributed by atoms with E-state index in [0.717, 1.165) is 48.9 Å². The van der Waals surface area contributed by atoms with Gasteiger partial charge in [0.2, 0.25) is 0 Å². The van der Waals surface area contributed by atoms with E-state index in [-0.39, 0.29) is 11.4 Å². The van der Waals surface area contributed by atoms with Crippen molar-refractivity contribution in [3.63, 3.8) is 0 Å². The summed E-state index contributed by atoms with van der Waals surface area (Å²) >= 11 is 0. The Kier molecular flexibility index (Phi) is 9.29. The number of likely N-dealkylation sites (tertiary alicyclic amines) is 2. The summed E-state index contributed by atoms with van der Waals surface area (Å²) in [6.07, 6.45) is 4.77. The first-order valence-corrected chi connectivity index (χ1v) is 13.0. The highest BCUT2D eigenvalue weighted by molar-refractivity contribution is 5.98. The molecule has 2 fully saturated rings. The number of aliphatic imine (C=N–C) groups is 1. The lowest BCUT2D eigenvalue weighted by atomic mass is 9.94. The van der Waals surface area contributed by atoms with Crippen LogP contribution in [0.4, 0.5) is 8.78 Å². The number of hydroxylamine groups is 2. The van der Waals surface area contributed by atoms with Gasteiger partial charge in [0, 0.05) is 44.7 Å². The van der Waals surface area contributed by atoms with Gasteiger partial charge in [0.05, 0.1) is 18.7 Å². The third-order valence-corrected chi connectivity index (χ3v) is 7.23. The predicted molar refractivity (Wildman–Crippen MR) is 138 cm³/mol. The van der Waals surface area contributed by atoms with Crippen molar-refractivity contribution >= 4 is 5.84 Å². The summed E-state index contributed by atoms with van der Waals surface area (Å²) in [5.41, 5.74) is 1.37. The quantitative estimate of drug-likeness (QED) is 0.304. The highest BCUT2D eigenvalue weighted by Crippen LogP contribution is 2.24. The van der Waals surface area contributed by atoms with Crippen molar-refractivity contribution in [1.29, 1.82) is 0 Å². The molecule has 2 aromatic carbocycles. The van der Waals surface area contributed by atoms with Crippen LogP contribution in [0, 0.1) is 17.6 Å². The number of amidine groups is 1. The van der Waals surface area contributed by atoms with Crippen LogP contribution in [0.15, 0.2) is 47.5 Å². The number of nitrogens with zero attached hydrogens (tertiary/aromatic N) is 4. The fraction of sp³-hybridized carbons (Fsp3) is 0.536. The van der Waals surface area contributed by atoms with E-state index in [9.17, 15) is 14.0 Å². The number of hydrogen-bond donors (Lipinski definition) is 1. The maximum absolute atomic E-state index is 14.2. The fourth-order valence-corrected chi connectivity index (χ4v) is 5.17. The van der Waals surface area contributed by atoms with Gasteiger partial charge in [-0.1, -0.05) is 12.1 Å². The predicted octanol–water partition coefficient (Wildman–Crippen LogP) is 4.81. The standard InChI is InChI=1S/C28H38F2N4O2/c1-21-8-9-23(20-36-25-7-5-6-22(16-25)18-33-13-3-4-14-33)19-34(21)15-12-31-28(32(2)35)26-11-10-24(29)17-27(26)30/h5-7,10-11,16-17,21,23,35H,3-4,8-9,12-15,18-20H2,1-2H3/t21-,23-/m1/s1. The SMILES string of the molecule is C[C@@H]1CC[C@@H](COc2cccc(CN3CCCC3)c2)CN1CCN=C(c1ccc(F)cc1F)N(C)O. The van der Waals surface area contributed by atoms with Gasteiger partial charge in [-0.25, -0.2) is 13.8 Å². The molecule has 2 aliphatic heterocycles. The molecule has 0 amide bonds. The largest absolute Gasteiger partial charge is 0.493 e. The highest BCUT2D eigenvalue weighted by atomic mass is 19.1. The Hall–Kier alpha value is -2.55. The molecule has 2 atom stereocenters. The molecule has 0 aliphatic carbocycles. The maximum Gasteiger partial charge on any atom is 0.157 e. The summed E-state index contributed by atoms with van der Waals surface area (Å²) in [6, 6.07) is 12.1. The number of piperidine rings is 1. The molecule has 36 heavy (non-hydrogen) atoms. The van der Waals surface area contributed by atoms with Crippen LogP contribution >= 0.6 is 0 Å². The molecule has 2 aliphatic rings. The average molecular weight is 501 g/mol. The highest BCUT2D eigenvalue weighted by Gasteiger charge is 2.26. The molecule has 2 heterocycles. The smallest absolute Gasteiger partial charge is 0.157 e. The van der Waals surface area contributed by atoms with Crippen LogP contribution in [0.2, 0.25) is 0 Å². The van der Waals surface area contributed by atoms with E-state index in [1.165, 1.54) is 44.6 Å². The molecule has 4 rings (SSSR count). The number of ether oxygens (including phenoxy) is 1. The van der Waals surface area contributed by atoms with Gasteiger partial charge in [0.1, 0.15) is 17.4 Å². The summed E-state index contributed by atoms with van der Waals surface area (Å²) in [5, 5.41) is 10.8. The van der Waals surface area contributed by atoms with E-state index in [0.29, 0.717) is 31.7 Å². The Balaban J connectivity index is 1.30. The normalized spacial score (nSPS) is 21.6. The van der Waals surface area contributed by atoms with E-state index >= 15 is 0 Å². The summed E-state index contributed by atoms with van der Waals surface area (Å²) in [4.78, 5) is 9.30. The topological polar surface area (TPSA) is 51.5 Å². The Morgan fingerprint density at radius 2 is 1.94 bits per heavy atom. The van der Waals surface area contributed by atoms with Crippen molar-refractivity contribution in [3.05, 3.63) is 65.2 Å². The van der Waals surface area contributed by atoms with Crippen LogP contribution in [0.1, 0.15) is 43.7 Å². The van der Waals surface area contributed by atoms with Crippen LogP contribution in [-0.2, 0) is 6.54 Å². The molecular weight excluding hydrogens is 462 g/mol. The molecule has 0 radical (unpaired) electrons. The van der Waals surface area contributed by atoms with Gasteiger partial charge in [-0.15, -0.1) is 0 Å². The van der Waals surface area contributed by atoms with E-state index in [1.807, 2.05) is 6.07 Å². The van der Waals surface area contributed by atoms with Crippen molar-refractivity contribution in [2.45, 2.75) is 45.2 Å². The van der Waals surface area contributed by atoms with Crippen LogP contribution in [-0.4, -0.2) is 78.3 Å². The molecule has 6 nitrogen and oxygen atoms in total. The summed E-state index contributed by atoms with van der Waals surface area (Å²) in [6.45, 7) is 8.21. The second-order valence-electron chi connectivity index (χ2n) is 10.1. The second-order valence-corrected chi connectivity index (χ2v) is 10.1. The van der Waals surface area contributed by atoms with Crippen molar-refractivity contribution in [2.75, 3.05) is 46.4 Å². The molecule has 1 N–H and O–H groups in total. The molecule has 0 unspecified atom stereocenters. The van der Waals surface area contributed by atoms with Crippen molar-refractivity contribution in [1.82, 2.24) is 14.9 Å². The minimum Gasteiger partial charge on any atom is -0.493 e. The molecule has 196 valence electrons. The van der Waals surface area contributed by atoms with Crippen LogP contribution in [0.3, 0.4) is 0 Å². The van der Waals surface area contributed by atoms with Crippen LogP contribution < -0.4 is 4.74 Å². The zero-order chi connectivity index (χ0) is 25.5. The van der Waals surface area contributed by atoms with Gasteiger partial charge in [-0.3, -0.25) is 20.0 Å². The van der Waals surface area contributed by atoms with Gasteiger partial charge < -0.3 is 4.74 Å². The molecule has 0 bridgehead atoms. The summed E-state index contributed by atoms with van der Waals surface area (Å²) < 4.78 is 33.7. The van der Waals surface area contributed by atoms with Crippen molar-refractivity contribution in [3.8, 4) is 5.75 Å². The van der Waals surface area contributed by atoms with Crippen molar-refractivity contribution < 1.29 is 18.7 Å². The minimum atomic E-state index is -0.747. The number of halogens is 2. The summed E-state index contributed by atoms with van der Waals surface area (Å²) in [7, 11) is 1.39. The lowest BCUT2D eigenvalue weighted by molar-refractivity contribution is 0.0136. The first kappa shape index (κ1) is 26.5. The Morgan fingerprint density at radius 1 is 1.14 bits per heavy atom. The second kappa shape index (κ2) is 12.6. The first-order valence-electron chi connectivity index (χ1n) is 13.0. The Labute approximate surface area is 213 Å². The Bertz CT molecular complexity index is 1030. The molecule has 8 heteroatoms. The molecular formula is C28H38F2N4O2. The number of hydrogen-bond acceptors (Lipinski definition) is 5. The molecule has 0 aromatic heterocycles. The van der Waals surface area contributed by atoms with Gasteiger partial charge >= 0.3 is 0 Å². The van der Waals surface area contributed by atoms with Gasteiger partial charge in [0.25, 0.3) is 0 Å². The molecule has 0 spiro atoms. The molecule has 2 aromatic rings. The van der Waals surface area contributed by atoms with Crippen LogP contribution in [0.5, 0.6) is 5.75 Å². The van der Waals surface area contributed by atoms with E-state index in [4.69, 9.17) is 4.74 Å². The molecule has 0 saturated carbocycles. The van der Waals surface area contributed by atoms with Crippen molar-refractivity contribution in [2.24, 2.45) is 10.9 Å². The summed E-state index contributed by atoms with van der Waals surface area (Å²) in [5.74, 6) is 0.0267. The van der Waals surface area contributed by atoms with Gasteiger partial charge in [0.15, 0.2) is 5.84 Å². The Morgan fingerprint density at radius 3 is 2.69 bits per heavy atom. The monoisotopic (exact) mass is 500 g/mol. The number of benzene rings is 2. The van der Waals surface area contributed by atoms with Crippen LogP contribution in [0.25, 0.3) is 0 Å². The molecule has 2 saturated heterocycles. The third kappa shape index (κ3) is 7.24. The van der Waals surface area contributed by atoms with E-state index in [2.05, 4.69) is 39.9 Å². The minimum absolute atomic E-state index is 0.0753. The van der Waals surface area contributed by atoms with E-state index < -0.39 is 11.6 Å². The lowest BCUT2D eigenvalue weighted by Gasteiger charge is -2.37. The maximum atomic E-state index is 14.2. The van der Waals surface area contributed by atoms with Gasteiger partial charge in [-0.2, -0.15) is 0 Å². The lowest BCUT2D eigenvalue weighted by Crippen LogP contribution is -2.44. The van der Waals surface area contributed by atoms with E-state index in [1.54, 1.807) is 0 Å². The fourth-order valence-electron chi connectivity index (χ4n) is 5.17. The third-order valence-electron chi connectivity index (χ3n) is 7.23. The zero-order valence-corrected chi connectivity index (χ0v) is 21.4. The number of rotatable bonds is 9. The zero-order valence-electron chi connectivity index (χ0n) is 21.4. The first-order chi connectivity index (χ1) is 17.4. The average Bonchev–Trinajstić information content (AvgIpc) is 3.36. The van der Waals surface area contributed by atoms with Gasteiger partial charge in [-0.05, 0) is 75.5 Å².